The molecule has 114 valence electrons. The van der Waals surface area contributed by atoms with Crippen molar-refractivity contribution in [2.75, 3.05) is 6.54 Å². The molecule has 2 rings (SSSR count). The average molecular weight is 302 g/mol. The largest absolute Gasteiger partial charge is 0.480 e. The summed E-state index contributed by atoms with van der Waals surface area (Å²) in [5, 5.41) is 9.02. The second-order valence-electron chi connectivity index (χ2n) is 4.75. The molecule has 3 N–H and O–H groups in total. The van der Waals surface area contributed by atoms with Crippen molar-refractivity contribution in [3.63, 3.8) is 0 Å². The molecule has 2 unspecified atom stereocenters. The van der Waals surface area contributed by atoms with Crippen LogP contribution in [-0.2, 0) is 11.0 Å². The Hall–Kier alpha value is -2.09. The first-order chi connectivity index (χ1) is 9.70. The number of carbonyl (C=O) groups is 2. The number of hydrogen-bond donors (Lipinski definition) is 2. The minimum absolute atomic E-state index is 0.116. The molecular weight excluding hydrogens is 289 g/mol. The van der Waals surface area contributed by atoms with Gasteiger partial charge in [0.15, 0.2) is 0 Å². The van der Waals surface area contributed by atoms with E-state index >= 15 is 0 Å². The molecule has 21 heavy (non-hydrogen) atoms. The van der Waals surface area contributed by atoms with Crippen LogP contribution in [0.25, 0.3) is 0 Å². The lowest BCUT2D eigenvalue weighted by Crippen LogP contribution is -2.43. The van der Waals surface area contributed by atoms with Crippen LogP contribution in [0.2, 0.25) is 0 Å². The van der Waals surface area contributed by atoms with Gasteiger partial charge in [-0.1, -0.05) is 12.1 Å². The Morgan fingerprint density at radius 3 is 2.57 bits per heavy atom. The molecule has 0 saturated carbocycles. The number of hydrogen-bond acceptors (Lipinski definition) is 3. The van der Waals surface area contributed by atoms with Gasteiger partial charge in [-0.2, -0.15) is 13.2 Å². The highest BCUT2D eigenvalue weighted by atomic mass is 19.4. The number of carbonyl (C=O) groups excluding carboxylic acids is 1. The van der Waals surface area contributed by atoms with Crippen molar-refractivity contribution < 1.29 is 27.9 Å². The van der Waals surface area contributed by atoms with Gasteiger partial charge in [-0.05, 0) is 18.6 Å². The number of aliphatic carboxylic acids is 1. The Morgan fingerprint density at radius 1 is 1.48 bits per heavy atom. The van der Waals surface area contributed by atoms with Gasteiger partial charge in [0.2, 0.25) is 0 Å². The molecule has 1 aliphatic heterocycles. The summed E-state index contributed by atoms with van der Waals surface area (Å²) in [7, 11) is 0. The molecule has 2 atom stereocenters. The van der Waals surface area contributed by atoms with Gasteiger partial charge < -0.3 is 15.7 Å². The second kappa shape index (κ2) is 5.03. The van der Waals surface area contributed by atoms with Crippen molar-refractivity contribution in [3.05, 3.63) is 34.9 Å². The molecule has 1 aromatic carbocycles. The summed E-state index contributed by atoms with van der Waals surface area (Å²) in [6, 6.07) is 1.22. The van der Waals surface area contributed by atoms with Crippen LogP contribution in [-0.4, -0.2) is 34.5 Å². The maximum Gasteiger partial charge on any atom is 0.417 e. The fourth-order valence-corrected chi connectivity index (χ4v) is 2.55. The van der Waals surface area contributed by atoms with Crippen molar-refractivity contribution in [3.8, 4) is 0 Å². The highest BCUT2D eigenvalue weighted by Gasteiger charge is 2.46. The molecule has 8 heteroatoms. The van der Waals surface area contributed by atoms with Gasteiger partial charge in [0.05, 0.1) is 17.2 Å². The minimum atomic E-state index is -4.69. The zero-order chi connectivity index (χ0) is 15.9. The van der Waals surface area contributed by atoms with E-state index in [0.717, 1.165) is 11.0 Å². The van der Waals surface area contributed by atoms with E-state index in [0.29, 0.717) is 0 Å². The Morgan fingerprint density at radius 2 is 2.10 bits per heavy atom. The Kier molecular flexibility index (Phi) is 3.66. The van der Waals surface area contributed by atoms with Gasteiger partial charge in [-0.3, -0.25) is 4.79 Å². The molecule has 0 aromatic heterocycles. The summed E-state index contributed by atoms with van der Waals surface area (Å²) >= 11 is 0. The fourth-order valence-electron chi connectivity index (χ4n) is 2.55. The van der Waals surface area contributed by atoms with E-state index in [2.05, 4.69) is 0 Å². The number of carboxylic acids is 1. The number of carboxylic acid groups (broad SMARTS) is 1. The van der Waals surface area contributed by atoms with E-state index in [-0.39, 0.29) is 12.1 Å². The summed E-state index contributed by atoms with van der Waals surface area (Å²) in [6.07, 6.45) is -4.69. The molecule has 0 radical (unpaired) electrons. The highest BCUT2D eigenvalue weighted by Crippen LogP contribution is 2.41. The number of benzene rings is 1. The lowest BCUT2D eigenvalue weighted by atomic mass is 9.99. The SMILES string of the molecule is CC(C(=O)O)N1C(=O)c2c(cccc2C(F)(F)F)C1CN. The van der Waals surface area contributed by atoms with E-state index in [4.69, 9.17) is 10.8 Å². The van der Waals surface area contributed by atoms with Gasteiger partial charge in [0.1, 0.15) is 6.04 Å². The molecule has 0 aliphatic carbocycles. The van der Waals surface area contributed by atoms with Crippen LogP contribution in [0.4, 0.5) is 13.2 Å². The number of nitrogens with two attached hydrogens (primary N) is 1. The Bertz CT molecular complexity index is 601. The average Bonchev–Trinajstić information content (AvgIpc) is 2.69. The molecule has 1 heterocycles. The number of nitrogens with zero attached hydrogens (tertiary/aromatic N) is 1. The number of rotatable bonds is 3. The van der Waals surface area contributed by atoms with Crippen LogP contribution in [0.3, 0.4) is 0 Å². The summed E-state index contributed by atoms with van der Waals surface area (Å²) in [5.41, 5.74) is 4.07. The summed E-state index contributed by atoms with van der Waals surface area (Å²) < 4.78 is 39.0. The minimum Gasteiger partial charge on any atom is -0.480 e. The molecule has 5 nitrogen and oxygen atoms in total. The molecule has 1 aromatic rings. The van der Waals surface area contributed by atoms with Crippen LogP contribution >= 0.6 is 0 Å². The number of halogens is 3. The van der Waals surface area contributed by atoms with Gasteiger partial charge in [0, 0.05) is 6.54 Å². The predicted octanol–water partition coefficient (Wildman–Crippen LogP) is 1.63. The molecule has 0 bridgehead atoms. The normalized spacial score (nSPS) is 19.6. The molecule has 0 spiro atoms. The lowest BCUT2D eigenvalue weighted by molar-refractivity contribution is -0.142. The highest BCUT2D eigenvalue weighted by molar-refractivity contribution is 6.02. The maximum absolute atomic E-state index is 13.0. The zero-order valence-corrected chi connectivity index (χ0v) is 11.0. The van der Waals surface area contributed by atoms with E-state index in [1.807, 2.05) is 0 Å². The van der Waals surface area contributed by atoms with Gasteiger partial charge in [-0.25, -0.2) is 4.79 Å². The quantitative estimate of drug-likeness (QED) is 0.889. The standard InChI is InChI=1S/C13H13F3N2O3/c1-6(12(20)21)18-9(5-17)7-3-2-4-8(13(14,15)16)10(7)11(18)19/h2-4,6,9H,5,17H2,1H3,(H,20,21). The molecule has 0 fully saturated rings. The van der Waals surface area contributed by atoms with Crippen LogP contribution in [0.5, 0.6) is 0 Å². The number of fused-ring (bicyclic) bond motifs is 1. The summed E-state index contributed by atoms with van der Waals surface area (Å²) in [5.74, 6) is -2.26. The molecule has 1 amide bonds. The van der Waals surface area contributed by atoms with Crippen LogP contribution in [0, 0.1) is 0 Å². The van der Waals surface area contributed by atoms with Gasteiger partial charge in [-0.15, -0.1) is 0 Å². The van der Waals surface area contributed by atoms with E-state index in [1.54, 1.807) is 0 Å². The second-order valence-corrected chi connectivity index (χ2v) is 4.75. The van der Waals surface area contributed by atoms with Crippen LogP contribution in [0.15, 0.2) is 18.2 Å². The fraction of sp³-hybridized carbons (Fsp3) is 0.385. The number of alkyl halides is 3. The van der Waals surface area contributed by atoms with Crippen molar-refractivity contribution in [2.45, 2.75) is 25.2 Å². The summed E-state index contributed by atoms with van der Waals surface area (Å²) in [4.78, 5) is 24.2. The Balaban J connectivity index is 2.61. The van der Waals surface area contributed by atoms with E-state index < -0.39 is 41.3 Å². The third-order valence-corrected chi connectivity index (χ3v) is 3.54. The third kappa shape index (κ3) is 2.35. The zero-order valence-electron chi connectivity index (χ0n) is 11.0. The van der Waals surface area contributed by atoms with Crippen molar-refractivity contribution in [1.29, 1.82) is 0 Å². The number of amides is 1. The van der Waals surface area contributed by atoms with E-state index in [9.17, 15) is 22.8 Å². The third-order valence-electron chi connectivity index (χ3n) is 3.54. The van der Waals surface area contributed by atoms with Crippen molar-refractivity contribution in [1.82, 2.24) is 4.90 Å². The Labute approximate surface area is 118 Å². The summed E-state index contributed by atoms with van der Waals surface area (Å²) in [6.45, 7) is 1.08. The van der Waals surface area contributed by atoms with Gasteiger partial charge >= 0.3 is 12.1 Å². The monoisotopic (exact) mass is 302 g/mol. The van der Waals surface area contributed by atoms with Crippen molar-refractivity contribution >= 4 is 11.9 Å². The van der Waals surface area contributed by atoms with Crippen LogP contribution < -0.4 is 5.73 Å². The lowest BCUT2D eigenvalue weighted by Gasteiger charge is -2.27. The first-order valence-electron chi connectivity index (χ1n) is 6.15. The first-order valence-corrected chi connectivity index (χ1v) is 6.15. The first kappa shape index (κ1) is 15.3. The predicted molar refractivity (Wildman–Crippen MR) is 66.5 cm³/mol. The van der Waals surface area contributed by atoms with Crippen molar-refractivity contribution in [2.24, 2.45) is 5.73 Å². The maximum atomic E-state index is 13.0. The molecule has 0 saturated heterocycles. The molecule has 1 aliphatic rings. The van der Waals surface area contributed by atoms with E-state index in [1.165, 1.54) is 19.1 Å². The smallest absolute Gasteiger partial charge is 0.417 e. The van der Waals surface area contributed by atoms with Gasteiger partial charge in [0.25, 0.3) is 5.91 Å². The topological polar surface area (TPSA) is 83.6 Å². The molecular formula is C13H13F3N2O3. The van der Waals surface area contributed by atoms with Crippen LogP contribution in [0.1, 0.15) is 34.5 Å².